The molecule has 0 aliphatic heterocycles. The van der Waals surface area contributed by atoms with Crippen molar-refractivity contribution >= 4 is 33.1 Å². The molecule has 108 valence electrons. The van der Waals surface area contributed by atoms with Gasteiger partial charge in [0.2, 0.25) is 0 Å². The standard InChI is InChI=1S/C15H21N3OS/c1-9(2)7-8-18(4)15(19)13-12(16)11-6-5-10(3)17-14(11)20-13/h5-6,9H,7-8,16H2,1-4H3. The molecular weight excluding hydrogens is 270 g/mol. The van der Waals surface area contributed by atoms with Crippen molar-refractivity contribution in [1.82, 2.24) is 9.88 Å². The Morgan fingerprint density at radius 2 is 2.15 bits per heavy atom. The smallest absolute Gasteiger partial charge is 0.265 e. The fraction of sp³-hybridized carbons (Fsp3) is 0.467. The molecule has 4 nitrogen and oxygen atoms in total. The van der Waals surface area contributed by atoms with Crippen LogP contribution in [0.4, 0.5) is 5.69 Å². The number of amides is 1. The summed E-state index contributed by atoms with van der Waals surface area (Å²) in [7, 11) is 1.83. The van der Waals surface area contributed by atoms with Crippen molar-refractivity contribution < 1.29 is 4.79 Å². The number of hydrogen-bond donors (Lipinski definition) is 1. The van der Waals surface area contributed by atoms with Crippen LogP contribution in [-0.4, -0.2) is 29.4 Å². The second-order valence-electron chi connectivity index (χ2n) is 5.56. The van der Waals surface area contributed by atoms with Crippen molar-refractivity contribution in [3.63, 3.8) is 0 Å². The van der Waals surface area contributed by atoms with Crippen molar-refractivity contribution in [2.24, 2.45) is 5.92 Å². The molecule has 0 radical (unpaired) electrons. The van der Waals surface area contributed by atoms with Gasteiger partial charge in [-0.25, -0.2) is 4.98 Å². The van der Waals surface area contributed by atoms with E-state index in [0.717, 1.165) is 28.9 Å². The predicted molar refractivity (Wildman–Crippen MR) is 85.2 cm³/mol. The van der Waals surface area contributed by atoms with Crippen molar-refractivity contribution in [2.45, 2.75) is 27.2 Å². The van der Waals surface area contributed by atoms with Gasteiger partial charge in [0, 0.05) is 24.7 Å². The van der Waals surface area contributed by atoms with Crippen molar-refractivity contribution in [3.8, 4) is 0 Å². The molecule has 1 amide bonds. The average Bonchev–Trinajstić information content (AvgIpc) is 2.71. The molecule has 2 aromatic heterocycles. The van der Waals surface area contributed by atoms with Gasteiger partial charge in [-0.1, -0.05) is 13.8 Å². The topological polar surface area (TPSA) is 59.2 Å². The first-order valence-electron chi connectivity index (χ1n) is 6.81. The molecule has 0 fully saturated rings. The number of nitrogens with two attached hydrogens (primary N) is 1. The quantitative estimate of drug-likeness (QED) is 0.940. The third-order valence-electron chi connectivity index (χ3n) is 3.32. The van der Waals surface area contributed by atoms with Crippen LogP contribution in [0.2, 0.25) is 0 Å². The van der Waals surface area contributed by atoms with Crippen LogP contribution in [0.15, 0.2) is 12.1 Å². The number of pyridine rings is 1. The zero-order valence-corrected chi connectivity index (χ0v) is 13.3. The minimum atomic E-state index is -0.0104. The molecule has 0 unspecified atom stereocenters. The maximum atomic E-state index is 12.5. The highest BCUT2D eigenvalue weighted by Gasteiger charge is 2.20. The number of nitrogens with zero attached hydrogens (tertiary/aromatic N) is 2. The number of thiophene rings is 1. The highest BCUT2D eigenvalue weighted by molar-refractivity contribution is 7.21. The summed E-state index contributed by atoms with van der Waals surface area (Å²) in [6, 6.07) is 3.86. The van der Waals surface area contributed by atoms with Crippen LogP contribution >= 0.6 is 11.3 Å². The highest BCUT2D eigenvalue weighted by atomic mass is 32.1. The van der Waals surface area contributed by atoms with E-state index in [1.54, 1.807) is 4.90 Å². The van der Waals surface area contributed by atoms with Crippen molar-refractivity contribution in [2.75, 3.05) is 19.3 Å². The van der Waals surface area contributed by atoms with Gasteiger partial charge in [0.05, 0.1) is 5.69 Å². The number of nitrogen functional groups attached to an aromatic ring is 1. The molecule has 0 aromatic carbocycles. The van der Waals surface area contributed by atoms with Gasteiger partial charge >= 0.3 is 0 Å². The maximum Gasteiger partial charge on any atom is 0.265 e. The van der Waals surface area contributed by atoms with E-state index in [9.17, 15) is 4.79 Å². The molecule has 0 spiro atoms. The Kier molecular flexibility index (Phi) is 4.28. The molecule has 2 rings (SSSR count). The van der Waals surface area contributed by atoms with Crippen LogP contribution in [0, 0.1) is 12.8 Å². The molecule has 0 saturated heterocycles. The summed E-state index contributed by atoms with van der Waals surface area (Å²) < 4.78 is 0. The Hall–Kier alpha value is -1.62. The summed E-state index contributed by atoms with van der Waals surface area (Å²) >= 11 is 1.38. The van der Waals surface area contributed by atoms with Crippen LogP contribution in [0.3, 0.4) is 0 Å². The lowest BCUT2D eigenvalue weighted by molar-refractivity contribution is 0.0795. The lowest BCUT2D eigenvalue weighted by Crippen LogP contribution is -2.28. The summed E-state index contributed by atoms with van der Waals surface area (Å²) in [4.78, 5) is 20.1. The number of carbonyl (C=O) groups is 1. The highest BCUT2D eigenvalue weighted by Crippen LogP contribution is 2.33. The monoisotopic (exact) mass is 291 g/mol. The lowest BCUT2D eigenvalue weighted by atomic mass is 10.1. The molecule has 0 atom stereocenters. The Balaban J connectivity index is 2.28. The zero-order chi connectivity index (χ0) is 14.9. The number of hydrogen-bond acceptors (Lipinski definition) is 4. The minimum Gasteiger partial charge on any atom is -0.397 e. The Bertz CT molecular complexity index is 633. The van der Waals surface area contributed by atoms with Crippen LogP contribution in [0.25, 0.3) is 10.2 Å². The van der Waals surface area contributed by atoms with Gasteiger partial charge in [-0.05, 0) is 31.4 Å². The number of anilines is 1. The first-order chi connectivity index (χ1) is 9.40. The van der Waals surface area contributed by atoms with Crippen LogP contribution in [0.1, 0.15) is 35.6 Å². The second-order valence-corrected chi connectivity index (χ2v) is 6.56. The Labute approximate surface area is 123 Å². The van der Waals surface area contributed by atoms with E-state index in [1.807, 2.05) is 26.1 Å². The Morgan fingerprint density at radius 3 is 2.80 bits per heavy atom. The molecule has 2 aromatic rings. The van der Waals surface area contributed by atoms with Gasteiger partial charge in [-0.2, -0.15) is 0 Å². The molecule has 2 N–H and O–H groups in total. The third kappa shape index (κ3) is 2.93. The van der Waals surface area contributed by atoms with E-state index in [2.05, 4.69) is 18.8 Å². The largest absolute Gasteiger partial charge is 0.397 e. The van der Waals surface area contributed by atoms with E-state index in [1.165, 1.54) is 11.3 Å². The van der Waals surface area contributed by atoms with Gasteiger partial charge in [-0.3, -0.25) is 4.79 Å². The van der Waals surface area contributed by atoms with Gasteiger partial charge in [0.25, 0.3) is 5.91 Å². The van der Waals surface area contributed by atoms with E-state index < -0.39 is 0 Å². The van der Waals surface area contributed by atoms with Crippen LogP contribution < -0.4 is 5.73 Å². The fourth-order valence-corrected chi connectivity index (χ4v) is 3.11. The van der Waals surface area contributed by atoms with Crippen LogP contribution in [-0.2, 0) is 0 Å². The molecular formula is C15H21N3OS. The SMILES string of the molecule is Cc1ccc2c(N)c(C(=O)N(C)CCC(C)C)sc2n1. The third-order valence-corrected chi connectivity index (χ3v) is 4.42. The number of rotatable bonds is 4. The zero-order valence-electron chi connectivity index (χ0n) is 12.4. The molecule has 0 bridgehead atoms. The van der Waals surface area contributed by atoms with Crippen molar-refractivity contribution in [3.05, 3.63) is 22.7 Å². The predicted octanol–water partition coefficient (Wildman–Crippen LogP) is 3.31. The number of aromatic nitrogens is 1. The number of aryl methyl sites for hydroxylation is 1. The number of fused-ring (bicyclic) bond motifs is 1. The first-order valence-corrected chi connectivity index (χ1v) is 7.63. The summed E-state index contributed by atoms with van der Waals surface area (Å²) in [6.45, 7) is 6.99. The van der Waals surface area contributed by atoms with E-state index in [0.29, 0.717) is 16.5 Å². The summed E-state index contributed by atoms with van der Waals surface area (Å²) in [5.74, 6) is 0.568. The molecule has 20 heavy (non-hydrogen) atoms. The molecule has 5 heteroatoms. The number of carbonyl (C=O) groups excluding carboxylic acids is 1. The summed E-state index contributed by atoms with van der Waals surface area (Å²) in [5.41, 5.74) is 7.60. The van der Waals surface area contributed by atoms with E-state index in [-0.39, 0.29) is 5.91 Å². The van der Waals surface area contributed by atoms with E-state index >= 15 is 0 Å². The fourth-order valence-electron chi connectivity index (χ4n) is 1.98. The Morgan fingerprint density at radius 1 is 1.45 bits per heavy atom. The average molecular weight is 291 g/mol. The second kappa shape index (κ2) is 5.79. The van der Waals surface area contributed by atoms with Gasteiger partial charge in [0.1, 0.15) is 9.71 Å². The first kappa shape index (κ1) is 14.8. The lowest BCUT2D eigenvalue weighted by Gasteiger charge is -2.17. The molecule has 0 aliphatic carbocycles. The maximum absolute atomic E-state index is 12.5. The van der Waals surface area contributed by atoms with Crippen LogP contribution in [0.5, 0.6) is 0 Å². The molecule has 2 heterocycles. The van der Waals surface area contributed by atoms with Gasteiger partial charge < -0.3 is 10.6 Å². The van der Waals surface area contributed by atoms with Gasteiger partial charge in [0.15, 0.2) is 0 Å². The van der Waals surface area contributed by atoms with E-state index in [4.69, 9.17) is 5.73 Å². The summed E-state index contributed by atoms with van der Waals surface area (Å²) in [5, 5.41) is 0.876. The minimum absolute atomic E-state index is 0.0104. The van der Waals surface area contributed by atoms with Crippen molar-refractivity contribution in [1.29, 1.82) is 0 Å². The summed E-state index contributed by atoms with van der Waals surface area (Å²) in [6.07, 6.45) is 0.990. The molecule has 0 aliphatic rings. The normalized spacial score (nSPS) is 11.2. The van der Waals surface area contributed by atoms with Gasteiger partial charge in [-0.15, -0.1) is 11.3 Å². The molecule has 0 saturated carbocycles.